The number of benzene rings is 2. The van der Waals surface area contributed by atoms with E-state index in [1.807, 2.05) is 42.3 Å². The van der Waals surface area contributed by atoms with Gasteiger partial charge in [0.2, 0.25) is 0 Å². The number of rotatable bonds is 4. The van der Waals surface area contributed by atoms with Crippen LogP contribution in [0.15, 0.2) is 48.5 Å². The van der Waals surface area contributed by atoms with Crippen molar-refractivity contribution in [1.82, 2.24) is 0 Å². The molecule has 2 aromatic carbocycles. The van der Waals surface area contributed by atoms with Crippen molar-refractivity contribution < 1.29 is 4.39 Å². The zero-order valence-electron chi connectivity index (χ0n) is 10.6. The lowest BCUT2D eigenvalue weighted by molar-refractivity contribution is 0.622. The number of para-hydroxylation sites is 1. The molecule has 0 fully saturated rings. The van der Waals surface area contributed by atoms with Crippen molar-refractivity contribution in [2.24, 2.45) is 5.73 Å². The Morgan fingerprint density at radius 2 is 1.79 bits per heavy atom. The Labute approximate surface area is 117 Å². The predicted molar refractivity (Wildman–Crippen MR) is 80.8 cm³/mol. The number of halogens is 1. The predicted octanol–water partition coefficient (Wildman–Crippen LogP) is 3.10. The maximum Gasteiger partial charge on any atom is 0.146 e. The summed E-state index contributed by atoms with van der Waals surface area (Å²) in [5, 5.41) is 0. The van der Waals surface area contributed by atoms with Gasteiger partial charge in [-0.2, -0.15) is 0 Å². The molecule has 0 atom stereocenters. The fourth-order valence-electron chi connectivity index (χ4n) is 2.00. The number of nitrogens with zero attached hydrogens (tertiary/aromatic N) is 1. The lowest BCUT2D eigenvalue weighted by atomic mass is 10.1. The summed E-state index contributed by atoms with van der Waals surface area (Å²) in [7, 11) is 1.84. The summed E-state index contributed by atoms with van der Waals surface area (Å²) < 4.78 is 13.7. The molecule has 0 unspecified atom stereocenters. The highest BCUT2D eigenvalue weighted by Gasteiger charge is 2.10. The molecule has 0 aliphatic heterocycles. The molecule has 0 spiro atoms. The summed E-state index contributed by atoms with van der Waals surface area (Å²) in [5.74, 6) is -0.238. The minimum atomic E-state index is -0.238. The molecule has 2 N–H and O–H groups in total. The number of hydrogen-bond donors (Lipinski definition) is 1. The number of nitrogens with two attached hydrogens (primary N) is 1. The van der Waals surface area contributed by atoms with Gasteiger partial charge in [-0.3, -0.25) is 0 Å². The van der Waals surface area contributed by atoms with Gasteiger partial charge in [-0.1, -0.05) is 48.6 Å². The van der Waals surface area contributed by atoms with Crippen molar-refractivity contribution in [2.45, 2.75) is 6.54 Å². The molecule has 0 bridgehead atoms. The highest BCUT2D eigenvalue weighted by Crippen LogP contribution is 2.20. The van der Waals surface area contributed by atoms with E-state index in [-0.39, 0.29) is 5.82 Å². The summed E-state index contributed by atoms with van der Waals surface area (Å²) in [6.45, 7) is 0.550. The van der Waals surface area contributed by atoms with Crippen LogP contribution in [0, 0.1) is 5.82 Å². The number of hydrogen-bond acceptors (Lipinski definition) is 2. The molecule has 2 nitrogen and oxygen atoms in total. The van der Waals surface area contributed by atoms with E-state index in [0.717, 1.165) is 11.1 Å². The van der Waals surface area contributed by atoms with Gasteiger partial charge in [0, 0.05) is 19.2 Å². The summed E-state index contributed by atoms with van der Waals surface area (Å²) in [4.78, 5) is 2.20. The Bertz CT molecular complexity index is 598. The second kappa shape index (κ2) is 5.80. The van der Waals surface area contributed by atoms with Crippen molar-refractivity contribution in [2.75, 3.05) is 11.9 Å². The van der Waals surface area contributed by atoms with E-state index in [1.165, 1.54) is 6.07 Å². The average molecular weight is 274 g/mol. The molecular formula is C15H15FN2S. The molecule has 0 aliphatic carbocycles. The van der Waals surface area contributed by atoms with Crippen LogP contribution >= 0.6 is 12.2 Å². The smallest absolute Gasteiger partial charge is 0.146 e. The molecule has 2 rings (SSSR count). The van der Waals surface area contributed by atoms with Crippen molar-refractivity contribution in [3.63, 3.8) is 0 Å². The van der Waals surface area contributed by atoms with Gasteiger partial charge in [-0.05, 0) is 17.7 Å². The summed E-state index contributed by atoms with van der Waals surface area (Å²) in [6.07, 6.45) is 0. The third-order valence-corrected chi connectivity index (χ3v) is 3.17. The van der Waals surface area contributed by atoms with Crippen molar-refractivity contribution in [3.8, 4) is 0 Å². The molecule has 19 heavy (non-hydrogen) atoms. The van der Waals surface area contributed by atoms with Crippen LogP contribution in [-0.2, 0) is 6.54 Å². The van der Waals surface area contributed by atoms with Crippen LogP contribution in [0.25, 0.3) is 0 Å². The van der Waals surface area contributed by atoms with Crippen molar-refractivity contribution in [3.05, 3.63) is 65.5 Å². The highest BCUT2D eigenvalue weighted by atomic mass is 32.1. The molecule has 0 aliphatic rings. The minimum absolute atomic E-state index is 0.238. The maximum absolute atomic E-state index is 13.7. The molecule has 98 valence electrons. The largest absolute Gasteiger partial charge is 0.389 e. The van der Waals surface area contributed by atoms with Gasteiger partial charge >= 0.3 is 0 Å². The quantitative estimate of drug-likeness (QED) is 0.869. The third kappa shape index (κ3) is 3.09. The molecule has 0 saturated carbocycles. The van der Waals surface area contributed by atoms with Crippen LogP contribution in [0.5, 0.6) is 0 Å². The Hall–Kier alpha value is -1.94. The minimum Gasteiger partial charge on any atom is -0.389 e. The van der Waals surface area contributed by atoms with Gasteiger partial charge in [0.1, 0.15) is 10.8 Å². The van der Waals surface area contributed by atoms with E-state index in [2.05, 4.69) is 0 Å². The van der Waals surface area contributed by atoms with Gasteiger partial charge < -0.3 is 10.6 Å². The molecule has 4 heteroatoms. The molecule has 0 saturated heterocycles. The third-order valence-electron chi connectivity index (χ3n) is 2.95. The first kappa shape index (κ1) is 13.5. The van der Waals surface area contributed by atoms with E-state index >= 15 is 0 Å². The van der Waals surface area contributed by atoms with E-state index in [0.29, 0.717) is 17.2 Å². The number of anilines is 1. The second-order valence-electron chi connectivity index (χ2n) is 4.33. The van der Waals surface area contributed by atoms with E-state index in [1.54, 1.807) is 12.1 Å². The fourth-order valence-corrected chi connectivity index (χ4v) is 2.20. The van der Waals surface area contributed by atoms with Gasteiger partial charge in [-0.15, -0.1) is 0 Å². The topological polar surface area (TPSA) is 29.3 Å². The Morgan fingerprint density at radius 3 is 2.47 bits per heavy atom. The van der Waals surface area contributed by atoms with Crippen LogP contribution in [0.2, 0.25) is 0 Å². The van der Waals surface area contributed by atoms with Crippen LogP contribution < -0.4 is 10.6 Å². The standard InChI is InChI=1S/C15H15FN2S/c1-18(14-9-5-4-8-13(14)16)10-11-6-2-3-7-12(11)15(17)19/h2-9H,10H2,1H3,(H2,17,19). The summed E-state index contributed by atoms with van der Waals surface area (Å²) in [6, 6.07) is 14.3. The van der Waals surface area contributed by atoms with Crippen LogP contribution in [-0.4, -0.2) is 12.0 Å². The first-order valence-corrected chi connectivity index (χ1v) is 6.34. The molecule has 0 aromatic heterocycles. The summed E-state index contributed by atoms with van der Waals surface area (Å²) >= 11 is 5.03. The lowest BCUT2D eigenvalue weighted by Gasteiger charge is -2.21. The van der Waals surface area contributed by atoms with E-state index in [4.69, 9.17) is 18.0 Å². The van der Waals surface area contributed by atoms with Gasteiger partial charge in [-0.25, -0.2) is 4.39 Å². The van der Waals surface area contributed by atoms with Crippen LogP contribution in [0.4, 0.5) is 10.1 Å². The van der Waals surface area contributed by atoms with E-state index in [9.17, 15) is 4.39 Å². The monoisotopic (exact) mass is 274 g/mol. The van der Waals surface area contributed by atoms with Gasteiger partial charge in [0.05, 0.1) is 5.69 Å². The lowest BCUT2D eigenvalue weighted by Crippen LogP contribution is -2.21. The highest BCUT2D eigenvalue weighted by molar-refractivity contribution is 7.80. The average Bonchev–Trinajstić information content (AvgIpc) is 2.39. The van der Waals surface area contributed by atoms with E-state index < -0.39 is 0 Å². The Kier molecular flexibility index (Phi) is 4.12. The van der Waals surface area contributed by atoms with Crippen LogP contribution in [0.1, 0.15) is 11.1 Å². The molecule has 0 heterocycles. The van der Waals surface area contributed by atoms with Crippen molar-refractivity contribution >= 4 is 22.9 Å². The van der Waals surface area contributed by atoms with Crippen molar-refractivity contribution in [1.29, 1.82) is 0 Å². The normalized spacial score (nSPS) is 10.2. The van der Waals surface area contributed by atoms with Gasteiger partial charge in [0.25, 0.3) is 0 Å². The summed E-state index contributed by atoms with van der Waals surface area (Å²) in [5.41, 5.74) is 8.07. The zero-order valence-corrected chi connectivity index (χ0v) is 11.5. The van der Waals surface area contributed by atoms with Crippen LogP contribution in [0.3, 0.4) is 0 Å². The molecule has 0 radical (unpaired) electrons. The SMILES string of the molecule is CN(Cc1ccccc1C(N)=S)c1ccccc1F. The maximum atomic E-state index is 13.7. The van der Waals surface area contributed by atoms with Gasteiger partial charge in [0.15, 0.2) is 0 Å². The molecule has 0 amide bonds. The first-order chi connectivity index (χ1) is 9.09. The molecule has 2 aromatic rings. The first-order valence-electron chi connectivity index (χ1n) is 5.93. The second-order valence-corrected chi connectivity index (χ2v) is 4.77. The zero-order chi connectivity index (χ0) is 13.8. The Balaban J connectivity index is 2.27. The molecular weight excluding hydrogens is 259 g/mol. The Morgan fingerprint density at radius 1 is 1.16 bits per heavy atom. The number of thiocarbonyl (C=S) groups is 1. The fraction of sp³-hybridized carbons (Fsp3) is 0.133.